The summed E-state index contributed by atoms with van der Waals surface area (Å²) in [7, 11) is 0. The van der Waals surface area contributed by atoms with Crippen LogP contribution in [-0.2, 0) is 12.8 Å². The third-order valence-electron chi connectivity index (χ3n) is 3.93. The van der Waals surface area contributed by atoms with Gasteiger partial charge in [0, 0.05) is 14.2 Å². The lowest BCUT2D eigenvalue weighted by atomic mass is 9.93. The van der Waals surface area contributed by atoms with E-state index in [1.165, 1.54) is 46.2 Å². The van der Waals surface area contributed by atoms with Gasteiger partial charge >= 0.3 is 0 Å². The standard InChI is InChI=1S/C16H16Br2S/c17-14-8-9-19-15(14)10-12-6-3-5-11-4-1-2-7-13(11)16(12)18/h1-2,4,7-9,12,16H,3,5-6,10H2. The van der Waals surface area contributed by atoms with Crippen LogP contribution in [0.5, 0.6) is 0 Å². The van der Waals surface area contributed by atoms with E-state index in [4.69, 9.17) is 0 Å². The van der Waals surface area contributed by atoms with Crippen molar-refractivity contribution in [1.29, 1.82) is 0 Å². The minimum absolute atomic E-state index is 0.486. The number of fused-ring (bicyclic) bond motifs is 1. The molecule has 0 spiro atoms. The van der Waals surface area contributed by atoms with Crippen molar-refractivity contribution in [1.82, 2.24) is 0 Å². The maximum atomic E-state index is 3.96. The van der Waals surface area contributed by atoms with Gasteiger partial charge in [-0.1, -0.05) is 40.2 Å². The summed E-state index contributed by atoms with van der Waals surface area (Å²) < 4.78 is 1.27. The second-order valence-corrected chi connectivity index (χ2v) is 7.99. The van der Waals surface area contributed by atoms with E-state index >= 15 is 0 Å². The molecule has 2 unspecified atom stereocenters. The van der Waals surface area contributed by atoms with Gasteiger partial charge in [-0.05, 0) is 70.1 Å². The molecule has 0 nitrogen and oxygen atoms in total. The summed E-state index contributed by atoms with van der Waals surface area (Å²) in [6, 6.07) is 11.1. The lowest BCUT2D eigenvalue weighted by Crippen LogP contribution is -2.09. The smallest absolute Gasteiger partial charge is 0.0429 e. The largest absolute Gasteiger partial charge is 0.148 e. The number of halogens is 2. The van der Waals surface area contributed by atoms with E-state index in [1.54, 1.807) is 0 Å². The summed E-state index contributed by atoms with van der Waals surface area (Å²) in [6.07, 6.45) is 4.99. The van der Waals surface area contributed by atoms with E-state index in [-0.39, 0.29) is 0 Å². The van der Waals surface area contributed by atoms with Gasteiger partial charge in [-0.25, -0.2) is 0 Å². The van der Waals surface area contributed by atoms with Gasteiger partial charge < -0.3 is 0 Å². The van der Waals surface area contributed by atoms with Gasteiger partial charge in [-0.2, -0.15) is 0 Å². The van der Waals surface area contributed by atoms with Crippen LogP contribution in [0, 0.1) is 5.92 Å². The van der Waals surface area contributed by atoms with Crippen molar-refractivity contribution in [2.45, 2.75) is 30.5 Å². The number of aryl methyl sites for hydroxylation is 1. The molecule has 1 aromatic heterocycles. The fourth-order valence-electron chi connectivity index (χ4n) is 2.90. The minimum Gasteiger partial charge on any atom is -0.148 e. The Morgan fingerprint density at radius 3 is 2.84 bits per heavy atom. The Kier molecular flexibility index (Phi) is 4.45. The van der Waals surface area contributed by atoms with Crippen molar-refractivity contribution >= 4 is 43.2 Å². The van der Waals surface area contributed by atoms with Crippen LogP contribution in [0.1, 0.15) is 33.7 Å². The van der Waals surface area contributed by atoms with Crippen LogP contribution in [0.2, 0.25) is 0 Å². The van der Waals surface area contributed by atoms with Crippen molar-refractivity contribution in [3.8, 4) is 0 Å². The Balaban J connectivity index is 1.86. The molecule has 0 amide bonds. The summed E-state index contributed by atoms with van der Waals surface area (Å²) >= 11 is 9.49. The van der Waals surface area contributed by atoms with E-state index < -0.39 is 0 Å². The summed E-state index contributed by atoms with van der Waals surface area (Å²) in [5.74, 6) is 0.693. The van der Waals surface area contributed by atoms with Gasteiger partial charge in [0.15, 0.2) is 0 Å². The number of hydrogen-bond donors (Lipinski definition) is 0. The molecule has 0 saturated heterocycles. The predicted molar refractivity (Wildman–Crippen MR) is 90.3 cm³/mol. The van der Waals surface area contributed by atoms with E-state index in [0.29, 0.717) is 10.7 Å². The first-order valence-corrected chi connectivity index (χ1v) is 9.28. The van der Waals surface area contributed by atoms with Crippen molar-refractivity contribution in [3.05, 3.63) is 56.2 Å². The molecule has 0 N–H and O–H groups in total. The molecular weight excluding hydrogens is 384 g/mol. The first kappa shape index (κ1) is 13.8. The van der Waals surface area contributed by atoms with E-state index in [2.05, 4.69) is 67.6 Å². The maximum Gasteiger partial charge on any atom is 0.0429 e. The average molecular weight is 400 g/mol. The van der Waals surface area contributed by atoms with Crippen LogP contribution in [0.25, 0.3) is 0 Å². The molecule has 1 aromatic carbocycles. The third-order valence-corrected chi connectivity index (χ3v) is 7.12. The molecule has 0 radical (unpaired) electrons. The number of alkyl halides is 1. The molecule has 0 aliphatic heterocycles. The first-order chi connectivity index (χ1) is 9.25. The van der Waals surface area contributed by atoms with Crippen LogP contribution < -0.4 is 0 Å². The molecule has 100 valence electrons. The number of hydrogen-bond acceptors (Lipinski definition) is 1. The minimum atomic E-state index is 0.486. The zero-order valence-corrected chi connectivity index (χ0v) is 14.6. The molecule has 2 atom stereocenters. The third kappa shape index (κ3) is 2.98. The number of thiophene rings is 1. The van der Waals surface area contributed by atoms with Crippen LogP contribution in [0.4, 0.5) is 0 Å². The Morgan fingerprint density at radius 2 is 2.05 bits per heavy atom. The SMILES string of the molecule is Brc1ccsc1CC1CCCc2ccccc2C1Br. The van der Waals surface area contributed by atoms with Gasteiger partial charge in [0.05, 0.1) is 0 Å². The van der Waals surface area contributed by atoms with Crippen LogP contribution in [0.15, 0.2) is 40.2 Å². The second-order valence-electron chi connectivity index (χ2n) is 5.15. The molecule has 2 aromatic rings. The average Bonchev–Trinajstić information content (AvgIpc) is 2.75. The summed E-state index contributed by atoms with van der Waals surface area (Å²) in [6.45, 7) is 0. The monoisotopic (exact) mass is 398 g/mol. The van der Waals surface area contributed by atoms with E-state index in [9.17, 15) is 0 Å². The Bertz CT molecular complexity index is 561. The highest BCUT2D eigenvalue weighted by molar-refractivity contribution is 9.10. The molecule has 1 heterocycles. The second kappa shape index (κ2) is 6.11. The van der Waals surface area contributed by atoms with Crippen LogP contribution in [-0.4, -0.2) is 0 Å². The lowest BCUT2D eigenvalue weighted by molar-refractivity contribution is 0.477. The van der Waals surface area contributed by atoms with Gasteiger partial charge in [-0.3, -0.25) is 0 Å². The lowest BCUT2D eigenvalue weighted by Gasteiger charge is -2.21. The zero-order chi connectivity index (χ0) is 13.2. The predicted octanol–water partition coefficient (Wildman–Crippen LogP) is 6.14. The fraction of sp³-hybridized carbons (Fsp3) is 0.375. The zero-order valence-electron chi connectivity index (χ0n) is 10.6. The number of benzene rings is 1. The maximum absolute atomic E-state index is 3.96. The van der Waals surface area contributed by atoms with Gasteiger partial charge in [-0.15, -0.1) is 11.3 Å². The number of rotatable bonds is 2. The van der Waals surface area contributed by atoms with Crippen LogP contribution >= 0.6 is 43.2 Å². The van der Waals surface area contributed by atoms with E-state index in [0.717, 1.165) is 0 Å². The van der Waals surface area contributed by atoms with Gasteiger partial charge in [0.25, 0.3) is 0 Å². The summed E-state index contributed by atoms with van der Waals surface area (Å²) in [5, 5.41) is 2.17. The van der Waals surface area contributed by atoms with Crippen molar-refractivity contribution in [3.63, 3.8) is 0 Å². The molecule has 0 bridgehead atoms. The fourth-order valence-corrected chi connectivity index (χ4v) is 5.41. The van der Waals surface area contributed by atoms with Gasteiger partial charge in [0.2, 0.25) is 0 Å². The molecule has 0 fully saturated rings. The van der Waals surface area contributed by atoms with E-state index in [1.807, 2.05) is 11.3 Å². The molecule has 3 heteroatoms. The van der Waals surface area contributed by atoms with Crippen molar-refractivity contribution in [2.75, 3.05) is 0 Å². The Morgan fingerprint density at radius 1 is 1.21 bits per heavy atom. The molecule has 3 rings (SSSR count). The van der Waals surface area contributed by atoms with Crippen LogP contribution in [0.3, 0.4) is 0 Å². The molecule has 1 aliphatic rings. The van der Waals surface area contributed by atoms with Gasteiger partial charge in [0.1, 0.15) is 0 Å². The topological polar surface area (TPSA) is 0 Å². The summed E-state index contributed by atoms with van der Waals surface area (Å²) in [4.78, 5) is 1.97. The molecule has 19 heavy (non-hydrogen) atoms. The Labute approximate surface area is 135 Å². The highest BCUT2D eigenvalue weighted by Crippen LogP contribution is 2.42. The molecule has 1 aliphatic carbocycles. The highest BCUT2D eigenvalue weighted by atomic mass is 79.9. The highest BCUT2D eigenvalue weighted by Gasteiger charge is 2.26. The Hall–Kier alpha value is -0.120. The quantitative estimate of drug-likeness (QED) is 0.420. The first-order valence-electron chi connectivity index (χ1n) is 6.69. The normalized spacial score (nSPS) is 22.8. The molecular formula is C16H16Br2S. The van der Waals surface area contributed by atoms with Crippen molar-refractivity contribution < 1.29 is 0 Å². The molecule has 0 saturated carbocycles. The van der Waals surface area contributed by atoms with Crippen molar-refractivity contribution in [2.24, 2.45) is 5.92 Å². The summed E-state index contributed by atoms with van der Waals surface area (Å²) in [5.41, 5.74) is 3.02.